The summed E-state index contributed by atoms with van der Waals surface area (Å²) in [6.45, 7) is 22.5. The maximum Gasteiger partial charge on any atom is 2.00 e. The van der Waals surface area contributed by atoms with Crippen molar-refractivity contribution >= 4 is 93.0 Å². The summed E-state index contributed by atoms with van der Waals surface area (Å²) in [6.07, 6.45) is 3.48. The minimum Gasteiger partial charge on any atom is -1.00 e. The number of sulfone groups is 3. The van der Waals surface area contributed by atoms with Crippen LogP contribution in [0.25, 0.3) is 56.0 Å². The second kappa shape index (κ2) is 38.1. The van der Waals surface area contributed by atoms with Gasteiger partial charge in [0.25, 0.3) is 0 Å². The Bertz CT molecular complexity index is 4360. The molecule has 19 nitrogen and oxygen atoms in total. The van der Waals surface area contributed by atoms with Gasteiger partial charge in [-0.15, -0.1) is 0 Å². The molecule has 0 aliphatic carbocycles. The van der Waals surface area contributed by atoms with E-state index in [1.54, 1.807) is 76.2 Å². The van der Waals surface area contributed by atoms with Crippen LogP contribution in [0.5, 0.6) is 0 Å². The van der Waals surface area contributed by atoms with Crippen LogP contribution in [-0.2, 0) is 64.2 Å². The zero-order valence-electron chi connectivity index (χ0n) is 56.7. The molecule has 0 fully saturated rings. The predicted molar refractivity (Wildman–Crippen MR) is 388 cm³/mol. The Labute approximate surface area is 609 Å². The predicted octanol–water partition coefficient (Wildman–Crippen LogP) is 9.58. The van der Waals surface area contributed by atoms with Crippen LogP contribution < -0.4 is 22.4 Å². The summed E-state index contributed by atoms with van der Waals surface area (Å²) >= 11 is 3.43. The normalized spacial score (nSPS) is 11.2. The molecular weight excluding hydrogens is 1440 g/mol. The van der Waals surface area contributed by atoms with Gasteiger partial charge in [-0.1, -0.05) is 162 Å². The van der Waals surface area contributed by atoms with Gasteiger partial charge in [0, 0.05) is 42.9 Å². The number of hydrogen-bond acceptors (Lipinski definition) is 16. The molecule has 518 valence electrons. The smallest absolute Gasteiger partial charge is 1.00 e. The Balaban J connectivity index is 0.000000450. The molecule has 6 aromatic carbocycles. The molecule has 9 aromatic rings. The summed E-state index contributed by atoms with van der Waals surface area (Å²) in [5.41, 5.74) is 9.63. The minimum absolute atomic E-state index is 0. The first-order valence-corrected chi connectivity index (χ1v) is 36.6. The Morgan fingerprint density at radius 2 is 0.804 bits per heavy atom. The van der Waals surface area contributed by atoms with E-state index in [4.69, 9.17) is 19.5 Å². The van der Waals surface area contributed by atoms with Crippen molar-refractivity contribution < 1.29 is 76.5 Å². The molecule has 3 N–H and O–H groups in total. The maximum atomic E-state index is 12.1. The summed E-state index contributed by atoms with van der Waals surface area (Å²) in [7, 11) is -11.4. The monoisotopic (exact) mass is 1520 g/mol. The van der Waals surface area contributed by atoms with Crippen molar-refractivity contribution in [3.8, 4) is 56.0 Å². The molecule has 0 saturated heterocycles. The van der Waals surface area contributed by atoms with Gasteiger partial charge < -0.3 is 49.0 Å². The van der Waals surface area contributed by atoms with E-state index in [9.17, 15) is 39.9 Å². The molecule has 0 aliphatic heterocycles. The summed E-state index contributed by atoms with van der Waals surface area (Å²) in [4.78, 5) is 24.7. The number of hydrogen-bond donors (Lipinski definition) is 3. The summed E-state index contributed by atoms with van der Waals surface area (Å²) in [5.74, 6) is 0.404. The molecule has 0 spiro atoms. The second-order valence-corrected chi connectivity index (χ2v) is 30.9. The zero-order chi connectivity index (χ0) is 68.8. The number of carbonyl (C=O) groups excluding carboxylic acids is 2. The van der Waals surface area contributed by atoms with Crippen molar-refractivity contribution in [1.82, 2.24) is 29.3 Å². The number of nitrogens with zero attached hydrogens (tertiary/aromatic N) is 6. The number of aliphatic hydroxyl groups is 1. The first-order valence-electron chi connectivity index (χ1n) is 30.1. The molecule has 3 aromatic heterocycles. The first kappa shape index (κ1) is 86.5. The fourth-order valence-corrected chi connectivity index (χ4v) is 11.6. The van der Waals surface area contributed by atoms with E-state index >= 15 is 0 Å². The van der Waals surface area contributed by atoms with Gasteiger partial charge in [-0.3, -0.25) is 14.0 Å². The van der Waals surface area contributed by atoms with Gasteiger partial charge in [-0.2, -0.15) is 15.3 Å². The van der Waals surface area contributed by atoms with E-state index in [1.807, 2.05) is 105 Å². The molecule has 9 rings (SSSR count). The molecule has 0 amide bonds. The third kappa shape index (κ3) is 25.6. The van der Waals surface area contributed by atoms with Crippen molar-refractivity contribution in [3.63, 3.8) is 0 Å². The summed E-state index contributed by atoms with van der Waals surface area (Å²) in [6, 6.07) is 48.6. The summed E-state index contributed by atoms with van der Waals surface area (Å²) < 4.78 is 86.2. The average Bonchev–Trinajstić information content (AvgIpc) is 1.73. The molecule has 0 atom stereocenters. The van der Waals surface area contributed by atoms with Crippen LogP contribution in [0, 0.1) is 25.2 Å². The number of esters is 2. The van der Waals surface area contributed by atoms with Crippen molar-refractivity contribution in [2.45, 2.75) is 117 Å². The van der Waals surface area contributed by atoms with Gasteiger partial charge >= 0.3 is 42.1 Å². The van der Waals surface area contributed by atoms with Gasteiger partial charge in [0.15, 0.2) is 40.9 Å². The van der Waals surface area contributed by atoms with Crippen LogP contribution >= 0.6 is 15.9 Å². The topological polar surface area (TPSA) is 269 Å². The van der Waals surface area contributed by atoms with Gasteiger partial charge in [-0.25, -0.2) is 34.8 Å². The fourth-order valence-electron chi connectivity index (χ4n) is 9.32. The fraction of sp³-hybridized carbons (Fsp3) is 0.324. The van der Waals surface area contributed by atoms with Crippen LogP contribution in [0.15, 0.2) is 183 Å². The van der Waals surface area contributed by atoms with E-state index in [-0.39, 0.29) is 81.8 Å². The quantitative estimate of drug-likeness (QED) is 0.0364. The van der Waals surface area contributed by atoms with Gasteiger partial charge in [0.05, 0.1) is 50.7 Å². The van der Waals surface area contributed by atoms with Crippen LogP contribution in [0.4, 0.5) is 0 Å². The summed E-state index contributed by atoms with van der Waals surface area (Å²) in [5, 5.41) is 41.4. The molecular formula is C71H89BBr2MgN6O13S3. The van der Waals surface area contributed by atoms with Crippen molar-refractivity contribution in [2.24, 2.45) is 17.8 Å². The minimum atomic E-state index is -3.28. The van der Waals surface area contributed by atoms with E-state index in [0.717, 1.165) is 79.8 Å². The van der Waals surface area contributed by atoms with Crippen molar-refractivity contribution in [1.29, 1.82) is 0 Å². The molecule has 26 heteroatoms. The Morgan fingerprint density at radius 1 is 0.495 bits per heavy atom. The van der Waals surface area contributed by atoms with Crippen LogP contribution in [0.1, 0.15) is 103 Å². The van der Waals surface area contributed by atoms with E-state index in [2.05, 4.69) is 72.8 Å². The molecule has 0 aliphatic rings. The number of rotatable bonds is 20. The van der Waals surface area contributed by atoms with Gasteiger partial charge in [0.2, 0.25) is 0 Å². The number of benzene rings is 6. The molecule has 3 heterocycles. The molecule has 0 bridgehead atoms. The first-order chi connectivity index (χ1) is 43.5. The van der Waals surface area contributed by atoms with E-state index < -0.39 is 48.2 Å². The number of ether oxygens (including phenoxy) is 2. The van der Waals surface area contributed by atoms with Gasteiger partial charge in [0.1, 0.15) is 5.60 Å². The number of carbonyl (C=O) groups is 2. The molecule has 97 heavy (non-hydrogen) atoms. The van der Waals surface area contributed by atoms with E-state index in [1.165, 1.54) is 36.8 Å². The van der Waals surface area contributed by atoms with E-state index in [0.29, 0.717) is 53.8 Å². The maximum absolute atomic E-state index is 12.1. The molecule has 0 saturated carbocycles. The molecule has 0 radical (unpaired) electrons. The molecule has 0 unspecified atom stereocenters. The standard InChI is InChI=1S/C23H26N2O4S.C23H28N2O3S.C16H19BrN2O2.C7H9BO4S.CH4.CH3.BrH.Mg/c1-5-29-23(26)21-14-22(25(24-21)15-16(2)3)18-11-9-17(10-12-18)19-7-6-8-20(13-19)30(4,27)28;1-16(2)15-25-21(14-22(24-25)23(3,4)26)18-11-9-17(10-12-18)19-7-6-8-20(13-19)29(5,27)28;1-4-21-16(20)14-9-15(19(18-14)10-11(2)3)12-5-7-13(17)8-6-12;1-13(11,12)7-4-2-3-6(5-7)8(9)10;;;;/h6-14,16H,5,15H2,1-4H3;6-14,16,26H,15H2,1-5H3;5-9,11H,4,10H2,1-3H3;2-5,9-10H,1H3;1H4;1H3;1H;/q;;;;;-1;;+2/p-1. The SMILES string of the molecule is C.CC(C)Cn1nc(C(C)(C)O)cc1-c1ccc(-c2cccc(S(C)(=O)=O)c2)cc1.CCOC(=O)c1cc(-c2ccc(-c3cccc(S(C)(=O)=O)c3)cc2)n(CC(C)C)n1.CCOC(=O)c1cc(-c2ccc(Br)cc2)n(CC(C)C)n1.CS(=O)(=O)c1cccc(B(O)O)c1.[Br-].[CH3-].[Mg+2]. The van der Waals surface area contributed by atoms with Gasteiger partial charge in [-0.05, 0) is 157 Å². The second-order valence-electron chi connectivity index (χ2n) is 24.0. The van der Waals surface area contributed by atoms with Crippen molar-refractivity contribution in [2.75, 3.05) is 32.0 Å². The zero-order valence-corrected chi connectivity index (χ0v) is 63.8. The van der Waals surface area contributed by atoms with Crippen LogP contribution in [-0.4, -0.2) is 144 Å². The third-order valence-electron chi connectivity index (χ3n) is 13.8. The Morgan fingerprint density at radius 3 is 1.12 bits per heavy atom. The Kier molecular flexibility index (Phi) is 34.0. The average molecular weight is 1530 g/mol. The van der Waals surface area contributed by atoms with Crippen molar-refractivity contribution in [3.05, 3.63) is 193 Å². The largest absolute Gasteiger partial charge is 2.00 e. The number of halogens is 2. The van der Waals surface area contributed by atoms with Crippen LogP contribution in [0.2, 0.25) is 0 Å². The Hall–Kier alpha value is -6.59. The number of aromatic nitrogens is 6. The van der Waals surface area contributed by atoms with Crippen LogP contribution in [0.3, 0.4) is 0 Å². The third-order valence-corrected chi connectivity index (χ3v) is 17.7.